The molecule has 2 aromatic rings. The third-order valence-electron chi connectivity index (χ3n) is 4.95. The van der Waals surface area contributed by atoms with Crippen LogP contribution in [0.4, 0.5) is 5.69 Å². The third-order valence-corrected chi connectivity index (χ3v) is 6.12. The summed E-state index contributed by atoms with van der Waals surface area (Å²) in [5.41, 5.74) is 8.14. The number of amides is 1. The van der Waals surface area contributed by atoms with Gasteiger partial charge >= 0.3 is 0 Å². The van der Waals surface area contributed by atoms with Gasteiger partial charge in [0.05, 0.1) is 22.2 Å². The zero-order chi connectivity index (χ0) is 19.6. The molecule has 1 fully saturated rings. The number of piperidine rings is 1. The lowest BCUT2D eigenvalue weighted by Gasteiger charge is -2.32. The van der Waals surface area contributed by atoms with Crippen molar-refractivity contribution in [1.29, 1.82) is 5.26 Å². The molecule has 7 heteroatoms. The van der Waals surface area contributed by atoms with Gasteiger partial charge in [0, 0.05) is 24.9 Å². The van der Waals surface area contributed by atoms with Crippen LogP contribution >= 0.6 is 0 Å². The largest absolute Gasteiger partial charge is 0.398 e. The molecule has 0 bridgehead atoms. The molecule has 3 rings (SSSR count). The number of hydrogen-bond donors (Lipinski definition) is 1. The zero-order valence-corrected chi connectivity index (χ0v) is 15.9. The summed E-state index contributed by atoms with van der Waals surface area (Å²) in [5, 5.41) is 8.89. The zero-order valence-electron chi connectivity index (χ0n) is 15.1. The summed E-state index contributed by atoms with van der Waals surface area (Å²) in [5.74, 6) is 0.222. The van der Waals surface area contributed by atoms with Crippen LogP contribution in [0.15, 0.2) is 47.4 Å². The first-order valence-electron chi connectivity index (χ1n) is 8.68. The first kappa shape index (κ1) is 18.9. The average Bonchev–Trinajstić information content (AvgIpc) is 2.66. The maximum Gasteiger partial charge on any atom is 0.253 e. The lowest BCUT2D eigenvalue weighted by atomic mass is 9.89. The van der Waals surface area contributed by atoms with Gasteiger partial charge in [-0.3, -0.25) is 4.79 Å². The second-order valence-corrected chi connectivity index (χ2v) is 8.81. The van der Waals surface area contributed by atoms with E-state index >= 15 is 0 Å². The lowest BCUT2D eigenvalue weighted by molar-refractivity contribution is 0.0713. The van der Waals surface area contributed by atoms with Crippen molar-refractivity contribution in [3.05, 3.63) is 59.2 Å². The molecule has 0 atom stereocenters. The monoisotopic (exact) mass is 383 g/mol. The fourth-order valence-corrected chi connectivity index (χ4v) is 4.25. The first-order valence-corrected chi connectivity index (χ1v) is 10.6. The Morgan fingerprint density at radius 2 is 1.78 bits per heavy atom. The third kappa shape index (κ3) is 4.12. The molecule has 0 unspecified atom stereocenters. The molecule has 1 amide bonds. The van der Waals surface area contributed by atoms with E-state index in [4.69, 9.17) is 11.0 Å². The van der Waals surface area contributed by atoms with E-state index in [2.05, 4.69) is 6.07 Å². The average molecular weight is 383 g/mol. The Bertz CT molecular complexity index is 1000. The van der Waals surface area contributed by atoms with E-state index in [1.165, 1.54) is 23.8 Å². The highest BCUT2D eigenvalue weighted by Gasteiger charge is 2.25. The number of nitrogen functional groups attached to an aromatic ring is 1. The van der Waals surface area contributed by atoms with Gasteiger partial charge in [0.15, 0.2) is 9.84 Å². The maximum absolute atomic E-state index is 12.7. The second-order valence-electron chi connectivity index (χ2n) is 6.83. The van der Waals surface area contributed by atoms with Gasteiger partial charge in [0.2, 0.25) is 0 Å². The Kier molecular flexibility index (Phi) is 5.19. The minimum absolute atomic E-state index is 0.0403. The Balaban J connectivity index is 1.68. The summed E-state index contributed by atoms with van der Waals surface area (Å²) in [4.78, 5) is 14.5. The summed E-state index contributed by atoms with van der Waals surface area (Å²) in [6.45, 7) is 1.24. The number of likely N-dealkylation sites (tertiary alicyclic amines) is 1. The van der Waals surface area contributed by atoms with Gasteiger partial charge in [-0.05, 0) is 54.7 Å². The molecule has 0 spiro atoms. The molecule has 140 valence electrons. The SMILES string of the molecule is CS(=O)(=O)c1ccc(C(=O)N2CCC(c3ccc(C#N)cc3)CC2)cc1N. The number of carbonyl (C=O) groups is 1. The highest BCUT2D eigenvalue weighted by atomic mass is 32.2. The number of sulfone groups is 1. The molecule has 1 saturated heterocycles. The van der Waals surface area contributed by atoms with Gasteiger partial charge in [-0.2, -0.15) is 5.26 Å². The predicted octanol–water partition coefficient (Wildman–Crippen LogP) is 2.56. The smallest absolute Gasteiger partial charge is 0.253 e. The number of rotatable bonds is 3. The summed E-state index contributed by atoms with van der Waals surface area (Å²) >= 11 is 0. The van der Waals surface area contributed by atoms with Crippen LogP contribution in [-0.2, 0) is 9.84 Å². The van der Waals surface area contributed by atoms with E-state index in [1.54, 1.807) is 4.90 Å². The summed E-state index contributed by atoms with van der Waals surface area (Å²) in [6, 6.07) is 14.0. The number of benzene rings is 2. The van der Waals surface area contributed by atoms with E-state index in [0.29, 0.717) is 30.1 Å². The van der Waals surface area contributed by atoms with Gasteiger partial charge in [-0.25, -0.2) is 8.42 Å². The van der Waals surface area contributed by atoms with Gasteiger partial charge in [-0.15, -0.1) is 0 Å². The summed E-state index contributed by atoms with van der Waals surface area (Å²) < 4.78 is 23.3. The standard InChI is InChI=1S/C20H21N3O3S/c1-27(25,26)19-7-6-17(12-18(19)22)20(24)23-10-8-16(9-11-23)15-4-2-14(13-21)3-5-15/h2-7,12,16H,8-11,22H2,1H3. The van der Waals surface area contributed by atoms with Crippen molar-refractivity contribution in [2.24, 2.45) is 0 Å². The number of nitrogens with zero attached hydrogens (tertiary/aromatic N) is 2. The summed E-state index contributed by atoms with van der Waals surface area (Å²) in [7, 11) is -3.41. The van der Waals surface area contributed by atoms with Crippen molar-refractivity contribution in [1.82, 2.24) is 4.90 Å². The van der Waals surface area contributed by atoms with Crippen LogP contribution in [-0.4, -0.2) is 38.6 Å². The Morgan fingerprint density at radius 3 is 2.30 bits per heavy atom. The first-order chi connectivity index (χ1) is 12.8. The molecule has 1 aliphatic rings. The van der Waals surface area contributed by atoms with Crippen LogP contribution in [0, 0.1) is 11.3 Å². The predicted molar refractivity (Wildman–Crippen MR) is 103 cm³/mol. The number of hydrogen-bond acceptors (Lipinski definition) is 5. The van der Waals surface area contributed by atoms with Gasteiger partial charge < -0.3 is 10.6 Å². The molecule has 0 aliphatic carbocycles. The molecular formula is C20H21N3O3S. The van der Waals surface area contributed by atoms with E-state index in [-0.39, 0.29) is 16.5 Å². The molecule has 1 heterocycles. The van der Waals surface area contributed by atoms with E-state index < -0.39 is 9.84 Å². The van der Waals surface area contributed by atoms with E-state index in [0.717, 1.165) is 19.1 Å². The van der Waals surface area contributed by atoms with Crippen LogP contribution in [0.1, 0.15) is 40.2 Å². The van der Waals surface area contributed by atoms with Crippen LogP contribution < -0.4 is 5.73 Å². The topological polar surface area (TPSA) is 104 Å². The fourth-order valence-electron chi connectivity index (χ4n) is 3.45. The number of nitriles is 1. The minimum Gasteiger partial charge on any atom is -0.398 e. The fraction of sp³-hybridized carbons (Fsp3) is 0.300. The normalized spacial score (nSPS) is 15.3. The van der Waals surface area contributed by atoms with Crippen LogP contribution in [0.2, 0.25) is 0 Å². The van der Waals surface area contributed by atoms with Crippen LogP contribution in [0.3, 0.4) is 0 Å². The molecular weight excluding hydrogens is 362 g/mol. The number of nitrogens with two attached hydrogens (primary N) is 1. The number of anilines is 1. The van der Waals surface area contributed by atoms with Crippen molar-refractivity contribution in [3.8, 4) is 6.07 Å². The van der Waals surface area contributed by atoms with Gasteiger partial charge in [-0.1, -0.05) is 12.1 Å². The molecule has 27 heavy (non-hydrogen) atoms. The molecule has 2 aromatic carbocycles. The Hall–Kier alpha value is -2.85. The van der Waals surface area contributed by atoms with E-state index in [1.807, 2.05) is 24.3 Å². The van der Waals surface area contributed by atoms with Crippen molar-refractivity contribution in [2.75, 3.05) is 25.1 Å². The van der Waals surface area contributed by atoms with Crippen molar-refractivity contribution < 1.29 is 13.2 Å². The van der Waals surface area contributed by atoms with Crippen LogP contribution in [0.25, 0.3) is 0 Å². The van der Waals surface area contributed by atoms with Crippen molar-refractivity contribution in [2.45, 2.75) is 23.7 Å². The molecule has 6 nitrogen and oxygen atoms in total. The quantitative estimate of drug-likeness (QED) is 0.820. The molecule has 0 saturated carbocycles. The minimum atomic E-state index is -3.41. The van der Waals surface area contributed by atoms with E-state index in [9.17, 15) is 13.2 Å². The van der Waals surface area contributed by atoms with Gasteiger partial charge in [0.1, 0.15) is 0 Å². The molecule has 1 aliphatic heterocycles. The maximum atomic E-state index is 12.7. The Morgan fingerprint density at radius 1 is 1.15 bits per heavy atom. The molecule has 0 aromatic heterocycles. The lowest BCUT2D eigenvalue weighted by Crippen LogP contribution is -2.38. The van der Waals surface area contributed by atoms with Crippen molar-refractivity contribution >= 4 is 21.4 Å². The van der Waals surface area contributed by atoms with Crippen molar-refractivity contribution in [3.63, 3.8) is 0 Å². The second kappa shape index (κ2) is 7.41. The highest BCUT2D eigenvalue weighted by Crippen LogP contribution is 2.29. The number of carbonyl (C=O) groups excluding carboxylic acids is 1. The highest BCUT2D eigenvalue weighted by molar-refractivity contribution is 7.90. The summed E-state index contributed by atoms with van der Waals surface area (Å²) in [6.07, 6.45) is 2.78. The molecule has 2 N–H and O–H groups in total. The molecule has 0 radical (unpaired) electrons. The van der Waals surface area contributed by atoms with Gasteiger partial charge in [0.25, 0.3) is 5.91 Å². The Labute approximate surface area is 159 Å². The van der Waals surface area contributed by atoms with Crippen LogP contribution in [0.5, 0.6) is 0 Å².